The Morgan fingerprint density at radius 2 is 1.70 bits per heavy atom. The third-order valence-corrected chi connectivity index (χ3v) is 8.15. The van der Waals surface area contributed by atoms with Gasteiger partial charge in [0.2, 0.25) is 10.0 Å². The lowest BCUT2D eigenvalue weighted by atomic mass is 10.0. The number of nitrogens with zero attached hydrogens (tertiary/aromatic N) is 3. The van der Waals surface area contributed by atoms with Crippen molar-refractivity contribution in [1.82, 2.24) is 14.6 Å². The molecule has 0 aliphatic carbocycles. The molecule has 2 atom stereocenters. The molecule has 12 nitrogen and oxygen atoms in total. The van der Waals surface area contributed by atoms with Gasteiger partial charge >= 0.3 is 6.09 Å². The Kier molecular flexibility index (Phi) is 11.8. The fourth-order valence-electron chi connectivity index (χ4n) is 4.26. The van der Waals surface area contributed by atoms with Crippen molar-refractivity contribution in [3.05, 3.63) is 94.3 Å². The van der Waals surface area contributed by atoms with E-state index in [1.807, 2.05) is 32.0 Å². The molecule has 0 unspecified atom stereocenters. The van der Waals surface area contributed by atoms with Gasteiger partial charge in [0.25, 0.3) is 5.69 Å². The van der Waals surface area contributed by atoms with Gasteiger partial charge in [-0.15, -0.1) is 0 Å². The summed E-state index contributed by atoms with van der Waals surface area (Å²) in [5.74, 6) is 0.500. The number of sulfonamides is 1. The molecule has 0 bridgehead atoms. The van der Waals surface area contributed by atoms with Crippen LogP contribution in [0.1, 0.15) is 45.9 Å². The first kappa shape index (κ1) is 34.4. The van der Waals surface area contributed by atoms with Crippen molar-refractivity contribution < 1.29 is 32.7 Å². The molecule has 44 heavy (non-hydrogen) atoms. The summed E-state index contributed by atoms with van der Waals surface area (Å²) in [5, 5.41) is 25.2. The zero-order valence-electron chi connectivity index (χ0n) is 25.5. The molecule has 0 aliphatic heterocycles. The second-order valence-electron chi connectivity index (χ2n) is 11.7. The second kappa shape index (κ2) is 15.1. The molecule has 1 amide bonds. The van der Waals surface area contributed by atoms with E-state index < -0.39 is 38.8 Å². The summed E-state index contributed by atoms with van der Waals surface area (Å²) in [5.41, 5.74) is 0.490. The third kappa shape index (κ3) is 10.6. The van der Waals surface area contributed by atoms with Gasteiger partial charge in [-0.05, 0) is 75.1 Å². The van der Waals surface area contributed by atoms with Gasteiger partial charge < -0.3 is 19.9 Å². The van der Waals surface area contributed by atoms with Gasteiger partial charge in [0.1, 0.15) is 18.0 Å². The fourth-order valence-corrected chi connectivity index (χ4v) is 5.88. The number of nitrogens with one attached hydrogen (secondary N) is 1. The van der Waals surface area contributed by atoms with E-state index in [-0.39, 0.29) is 42.6 Å². The summed E-state index contributed by atoms with van der Waals surface area (Å²) in [7, 11) is -4.15. The molecule has 3 aromatic rings. The first-order chi connectivity index (χ1) is 20.6. The number of aromatic nitrogens is 1. The van der Waals surface area contributed by atoms with E-state index in [0.717, 1.165) is 27.7 Å². The molecule has 0 aliphatic rings. The summed E-state index contributed by atoms with van der Waals surface area (Å²) in [6.07, 6.45) is -0.252. The molecule has 238 valence electrons. The number of ether oxygens (including phenoxy) is 2. The lowest BCUT2D eigenvalue weighted by Gasteiger charge is -2.31. The van der Waals surface area contributed by atoms with Gasteiger partial charge in [0.05, 0.1) is 27.7 Å². The van der Waals surface area contributed by atoms with Gasteiger partial charge in [-0.2, -0.15) is 4.31 Å². The summed E-state index contributed by atoms with van der Waals surface area (Å²) in [6.45, 7) is 8.81. The highest BCUT2D eigenvalue weighted by Crippen LogP contribution is 2.22. The number of amides is 1. The van der Waals surface area contributed by atoms with Crippen LogP contribution in [0.25, 0.3) is 0 Å². The third-order valence-electron chi connectivity index (χ3n) is 6.30. The van der Waals surface area contributed by atoms with E-state index in [0.29, 0.717) is 5.75 Å². The van der Waals surface area contributed by atoms with Crippen LogP contribution < -0.4 is 10.1 Å². The summed E-state index contributed by atoms with van der Waals surface area (Å²) in [6, 6.07) is 16.3. The molecule has 1 heterocycles. The zero-order chi connectivity index (χ0) is 32.5. The van der Waals surface area contributed by atoms with Crippen LogP contribution in [0, 0.1) is 16.0 Å². The second-order valence-corrected chi connectivity index (χ2v) is 13.7. The highest BCUT2D eigenvalue weighted by atomic mass is 32.2. The van der Waals surface area contributed by atoms with E-state index in [4.69, 9.17) is 9.47 Å². The maximum absolute atomic E-state index is 13.6. The van der Waals surface area contributed by atoms with Crippen LogP contribution in [-0.2, 0) is 27.8 Å². The Labute approximate surface area is 258 Å². The van der Waals surface area contributed by atoms with Gasteiger partial charge in [-0.1, -0.05) is 32.0 Å². The maximum atomic E-state index is 13.6. The number of non-ortho nitro benzene ring substituents is 1. The average molecular weight is 629 g/mol. The minimum Gasteiger partial charge on any atom is -0.487 e. The predicted octanol–water partition coefficient (Wildman–Crippen LogP) is 4.71. The number of nitro groups is 1. The van der Waals surface area contributed by atoms with Crippen LogP contribution in [0.2, 0.25) is 0 Å². The highest BCUT2D eigenvalue weighted by molar-refractivity contribution is 7.89. The topological polar surface area (TPSA) is 161 Å². The first-order valence-electron chi connectivity index (χ1n) is 14.2. The smallest absolute Gasteiger partial charge is 0.407 e. The van der Waals surface area contributed by atoms with Crippen LogP contribution in [-0.4, -0.2) is 64.7 Å². The fraction of sp³-hybridized carbons (Fsp3) is 0.419. The van der Waals surface area contributed by atoms with E-state index in [1.54, 1.807) is 51.2 Å². The van der Waals surface area contributed by atoms with Crippen LogP contribution in [0.5, 0.6) is 5.75 Å². The molecule has 0 spiro atoms. The lowest BCUT2D eigenvalue weighted by Crippen LogP contribution is -2.51. The van der Waals surface area contributed by atoms with E-state index >= 15 is 0 Å². The standard InChI is InChI=1S/C31H40N4O8S/c1-22(2)19-34(44(40,41)27-15-11-25(12-16-27)35(38)39)20-29(36)28(33-30(37)43-31(3,4)5)18-23-9-13-26(14-10-23)42-21-24-8-6-7-17-32-24/h6-17,22,28-29,36H,18-21H2,1-5H3,(H,33,37)/t28-,29+/m0/s1. The molecule has 0 radical (unpaired) electrons. The predicted molar refractivity (Wildman–Crippen MR) is 165 cm³/mol. The van der Waals surface area contributed by atoms with Gasteiger partial charge in [0.15, 0.2) is 0 Å². The summed E-state index contributed by atoms with van der Waals surface area (Å²) in [4.78, 5) is 27.3. The minimum absolute atomic E-state index is 0.0673. The Morgan fingerprint density at radius 1 is 1.05 bits per heavy atom. The monoisotopic (exact) mass is 628 g/mol. The number of pyridine rings is 1. The Balaban J connectivity index is 1.81. The van der Waals surface area contributed by atoms with E-state index in [1.165, 1.54) is 12.1 Å². The number of carbonyl (C=O) groups is 1. The number of carbonyl (C=O) groups excluding carboxylic acids is 1. The average Bonchev–Trinajstić information content (AvgIpc) is 2.95. The van der Waals surface area contributed by atoms with Gasteiger partial charge in [-0.3, -0.25) is 15.1 Å². The molecule has 0 saturated heterocycles. The van der Waals surface area contributed by atoms with E-state index in [2.05, 4.69) is 10.3 Å². The van der Waals surface area contributed by atoms with E-state index in [9.17, 15) is 28.4 Å². The van der Waals surface area contributed by atoms with Crippen molar-refractivity contribution in [1.29, 1.82) is 0 Å². The van der Waals surface area contributed by atoms with Crippen LogP contribution in [0.4, 0.5) is 10.5 Å². The normalized spacial score (nSPS) is 13.4. The van der Waals surface area contributed by atoms with Crippen LogP contribution >= 0.6 is 0 Å². The number of benzene rings is 2. The molecule has 0 saturated carbocycles. The Hall–Kier alpha value is -4.07. The molecule has 1 aromatic heterocycles. The number of aliphatic hydroxyl groups excluding tert-OH is 1. The summed E-state index contributed by atoms with van der Waals surface area (Å²) >= 11 is 0. The number of hydrogen-bond donors (Lipinski definition) is 2. The number of rotatable bonds is 14. The Bertz CT molecular complexity index is 1480. The van der Waals surface area contributed by atoms with Gasteiger partial charge in [-0.25, -0.2) is 13.2 Å². The molecule has 2 N–H and O–H groups in total. The summed E-state index contributed by atoms with van der Waals surface area (Å²) < 4.78 is 39.5. The minimum atomic E-state index is -4.15. The van der Waals surface area contributed by atoms with Crippen LogP contribution in [0.3, 0.4) is 0 Å². The quantitative estimate of drug-likeness (QED) is 0.190. The lowest BCUT2D eigenvalue weighted by molar-refractivity contribution is -0.384. The molecule has 2 aromatic carbocycles. The molecular formula is C31H40N4O8S. The number of nitro benzene ring substituents is 1. The maximum Gasteiger partial charge on any atom is 0.407 e. The van der Waals surface area contributed by atoms with Crippen molar-refractivity contribution in [3.8, 4) is 5.75 Å². The molecule has 0 fully saturated rings. The first-order valence-corrected chi connectivity index (χ1v) is 15.6. The molecule has 13 heteroatoms. The number of hydrogen-bond acceptors (Lipinski definition) is 9. The largest absolute Gasteiger partial charge is 0.487 e. The SMILES string of the molecule is CC(C)CN(C[C@@H](O)[C@H](Cc1ccc(OCc2ccccn2)cc1)NC(=O)OC(C)(C)C)S(=O)(=O)c1ccc([N+](=O)[O-])cc1. The molecule has 3 rings (SSSR count). The van der Waals surface area contributed by atoms with Crippen molar-refractivity contribution in [2.45, 2.75) is 70.3 Å². The molecular weight excluding hydrogens is 588 g/mol. The Morgan fingerprint density at radius 3 is 2.25 bits per heavy atom. The highest BCUT2D eigenvalue weighted by Gasteiger charge is 2.32. The van der Waals surface area contributed by atoms with Gasteiger partial charge in [0, 0.05) is 31.4 Å². The van der Waals surface area contributed by atoms with Crippen molar-refractivity contribution >= 4 is 21.8 Å². The number of aliphatic hydroxyl groups is 1. The van der Waals surface area contributed by atoms with Crippen LogP contribution in [0.15, 0.2) is 77.8 Å². The van der Waals surface area contributed by atoms with Crippen molar-refractivity contribution in [2.24, 2.45) is 5.92 Å². The zero-order valence-corrected chi connectivity index (χ0v) is 26.4. The number of alkyl carbamates (subject to hydrolysis) is 1. The van der Waals surface area contributed by atoms with Crippen molar-refractivity contribution in [2.75, 3.05) is 13.1 Å². The van der Waals surface area contributed by atoms with Crippen molar-refractivity contribution in [3.63, 3.8) is 0 Å².